The summed E-state index contributed by atoms with van der Waals surface area (Å²) in [4.78, 5) is 35.3. The van der Waals surface area contributed by atoms with E-state index in [9.17, 15) is 14.4 Å². The fourth-order valence-electron chi connectivity index (χ4n) is 2.57. The zero-order valence-corrected chi connectivity index (χ0v) is 14.8. The van der Waals surface area contributed by atoms with Gasteiger partial charge in [0.25, 0.3) is 5.91 Å². The van der Waals surface area contributed by atoms with E-state index in [-0.39, 0.29) is 12.2 Å². The molecule has 27 heavy (non-hydrogen) atoms. The third-order valence-corrected chi connectivity index (χ3v) is 3.87. The Bertz CT molecular complexity index is 877. The highest BCUT2D eigenvalue weighted by Gasteiger charge is 2.14. The van der Waals surface area contributed by atoms with Gasteiger partial charge in [-0.15, -0.1) is 0 Å². The van der Waals surface area contributed by atoms with Gasteiger partial charge in [0.05, 0.1) is 6.42 Å². The molecule has 0 aliphatic carbocycles. The Kier molecular flexibility index (Phi) is 5.71. The van der Waals surface area contributed by atoms with Crippen LogP contribution in [-0.2, 0) is 20.7 Å². The molecule has 0 radical (unpaired) electrons. The van der Waals surface area contributed by atoms with Gasteiger partial charge in [-0.05, 0) is 36.8 Å². The van der Waals surface area contributed by atoms with Crippen LogP contribution in [0.3, 0.4) is 0 Å². The lowest BCUT2D eigenvalue weighted by molar-refractivity contribution is -0.146. The van der Waals surface area contributed by atoms with Crippen LogP contribution in [0, 0.1) is 0 Å². The van der Waals surface area contributed by atoms with Crippen molar-refractivity contribution in [1.82, 2.24) is 0 Å². The quantitative estimate of drug-likeness (QED) is 0.621. The number of anilines is 1. The minimum Gasteiger partial charge on any atom is -0.486 e. The minimum atomic E-state index is -0.528. The van der Waals surface area contributed by atoms with Crippen LogP contribution in [0.1, 0.15) is 22.8 Å². The first-order valence-corrected chi connectivity index (χ1v) is 8.46. The number of carbonyl (C=O) groups excluding carboxylic acids is 3. The Morgan fingerprint density at radius 2 is 1.81 bits per heavy atom. The van der Waals surface area contributed by atoms with Crippen molar-refractivity contribution in [2.45, 2.75) is 13.3 Å². The summed E-state index contributed by atoms with van der Waals surface area (Å²) in [5.74, 6) is 0.127. The average Bonchev–Trinajstić information content (AvgIpc) is 2.66. The van der Waals surface area contributed by atoms with E-state index in [2.05, 4.69) is 5.32 Å². The van der Waals surface area contributed by atoms with Crippen LogP contribution < -0.4 is 14.8 Å². The predicted octanol–water partition coefficient (Wildman–Crippen LogP) is 2.38. The normalized spacial score (nSPS) is 12.2. The number of nitrogens with one attached hydrogen (secondary N) is 1. The van der Waals surface area contributed by atoms with Gasteiger partial charge in [-0.1, -0.05) is 18.2 Å². The highest BCUT2D eigenvalue weighted by atomic mass is 16.6. The van der Waals surface area contributed by atoms with E-state index in [1.54, 1.807) is 42.5 Å². The first-order chi connectivity index (χ1) is 13.0. The molecule has 0 bridgehead atoms. The highest BCUT2D eigenvalue weighted by molar-refractivity contribution is 5.97. The van der Waals surface area contributed by atoms with Crippen LogP contribution in [0.2, 0.25) is 0 Å². The van der Waals surface area contributed by atoms with Crippen molar-refractivity contribution < 1.29 is 28.6 Å². The predicted molar refractivity (Wildman–Crippen MR) is 97.2 cm³/mol. The molecule has 0 unspecified atom stereocenters. The number of ketones is 1. The molecule has 2 aromatic rings. The lowest BCUT2D eigenvalue weighted by Crippen LogP contribution is -2.22. The molecule has 0 spiro atoms. The SMILES string of the molecule is CC(=O)c1cccc(NC(=O)COC(=O)Cc2ccc3c(c2)OCCO3)c1. The number of Topliss-reactive ketones (excluding diaryl/α,β-unsaturated/α-hetero) is 1. The van der Waals surface area contributed by atoms with Crippen LogP contribution in [0.25, 0.3) is 0 Å². The van der Waals surface area contributed by atoms with Crippen LogP contribution in [0.4, 0.5) is 5.69 Å². The molecule has 0 atom stereocenters. The summed E-state index contributed by atoms with van der Waals surface area (Å²) < 4.78 is 15.9. The number of ether oxygens (including phenoxy) is 3. The van der Waals surface area contributed by atoms with Crippen molar-refractivity contribution >= 4 is 23.3 Å². The lowest BCUT2D eigenvalue weighted by Gasteiger charge is -2.18. The third kappa shape index (κ3) is 5.07. The molecule has 2 aromatic carbocycles. The summed E-state index contributed by atoms with van der Waals surface area (Å²) in [5.41, 5.74) is 1.66. The van der Waals surface area contributed by atoms with Crippen LogP contribution in [-0.4, -0.2) is 37.5 Å². The second-order valence-electron chi connectivity index (χ2n) is 6.00. The van der Waals surface area contributed by atoms with E-state index in [1.807, 2.05) is 0 Å². The van der Waals surface area contributed by atoms with Gasteiger partial charge in [-0.2, -0.15) is 0 Å². The van der Waals surface area contributed by atoms with E-state index in [0.29, 0.717) is 41.5 Å². The second-order valence-corrected chi connectivity index (χ2v) is 6.00. The van der Waals surface area contributed by atoms with Gasteiger partial charge < -0.3 is 19.5 Å². The van der Waals surface area contributed by atoms with Gasteiger partial charge in [0.2, 0.25) is 0 Å². The molecule has 1 aliphatic heterocycles. The first kappa shape index (κ1) is 18.4. The topological polar surface area (TPSA) is 90.9 Å². The third-order valence-electron chi connectivity index (χ3n) is 3.87. The molecule has 7 heteroatoms. The van der Waals surface area contributed by atoms with Crippen molar-refractivity contribution in [1.29, 1.82) is 0 Å². The Morgan fingerprint density at radius 1 is 1.04 bits per heavy atom. The number of hydrogen-bond acceptors (Lipinski definition) is 6. The Morgan fingerprint density at radius 3 is 2.59 bits per heavy atom. The highest BCUT2D eigenvalue weighted by Crippen LogP contribution is 2.30. The number of benzene rings is 2. The molecular formula is C20H19NO6. The van der Waals surface area contributed by atoms with Crippen molar-refractivity contribution in [2.75, 3.05) is 25.1 Å². The van der Waals surface area contributed by atoms with Crippen LogP contribution in [0.15, 0.2) is 42.5 Å². The Labute approximate surface area is 156 Å². The molecule has 7 nitrogen and oxygen atoms in total. The molecule has 0 saturated heterocycles. The zero-order valence-electron chi connectivity index (χ0n) is 14.8. The molecule has 140 valence electrons. The van der Waals surface area contributed by atoms with Crippen molar-refractivity contribution in [2.24, 2.45) is 0 Å². The van der Waals surface area contributed by atoms with Gasteiger partial charge in [0, 0.05) is 11.3 Å². The summed E-state index contributed by atoms with van der Waals surface area (Å²) in [6, 6.07) is 11.8. The van der Waals surface area contributed by atoms with E-state index in [0.717, 1.165) is 0 Å². The van der Waals surface area contributed by atoms with Crippen LogP contribution in [0.5, 0.6) is 11.5 Å². The summed E-state index contributed by atoms with van der Waals surface area (Å²) in [7, 11) is 0. The zero-order chi connectivity index (χ0) is 19.2. The molecule has 1 N–H and O–H groups in total. The number of fused-ring (bicyclic) bond motifs is 1. The van der Waals surface area contributed by atoms with Crippen molar-refractivity contribution in [3.05, 3.63) is 53.6 Å². The second kappa shape index (κ2) is 8.35. The number of hydrogen-bond donors (Lipinski definition) is 1. The van der Waals surface area contributed by atoms with E-state index in [1.165, 1.54) is 6.92 Å². The number of rotatable bonds is 6. The van der Waals surface area contributed by atoms with Gasteiger partial charge in [-0.25, -0.2) is 0 Å². The lowest BCUT2D eigenvalue weighted by atomic mass is 10.1. The standard InChI is InChI=1S/C20H19NO6/c1-13(22)15-3-2-4-16(11-15)21-19(23)12-27-20(24)10-14-5-6-17-18(9-14)26-8-7-25-17/h2-6,9,11H,7-8,10,12H2,1H3,(H,21,23). The first-order valence-electron chi connectivity index (χ1n) is 8.46. The van der Waals surface area contributed by atoms with Gasteiger partial charge in [0.1, 0.15) is 13.2 Å². The molecule has 0 saturated carbocycles. The Balaban J connectivity index is 1.49. The molecule has 0 fully saturated rings. The summed E-state index contributed by atoms with van der Waals surface area (Å²) in [6.45, 7) is 2.00. The fraction of sp³-hybridized carbons (Fsp3) is 0.250. The summed E-state index contributed by atoms with van der Waals surface area (Å²) in [5, 5.41) is 2.59. The monoisotopic (exact) mass is 369 g/mol. The molecule has 0 aromatic heterocycles. The summed E-state index contributed by atoms with van der Waals surface area (Å²) in [6.07, 6.45) is 0.0176. The van der Waals surface area contributed by atoms with Crippen LogP contribution >= 0.6 is 0 Å². The fourth-order valence-corrected chi connectivity index (χ4v) is 2.57. The molecule has 1 heterocycles. The maximum atomic E-state index is 12.0. The molecule has 1 aliphatic rings. The summed E-state index contributed by atoms with van der Waals surface area (Å²) >= 11 is 0. The maximum Gasteiger partial charge on any atom is 0.310 e. The van der Waals surface area contributed by atoms with Gasteiger partial charge in [0.15, 0.2) is 23.9 Å². The van der Waals surface area contributed by atoms with E-state index >= 15 is 0 Å². The number of carbonyl (C=O) groups is 3. The van der Waals surface area contributed by atoms with Gasteiger partial charge >= 0.3 is 5.97 Å². The molecule has 1 amide bonds. The van der Waals surface area contributed by atoms with Crippen molar-refractivity contribution in [3.8, 4) is 11.5 Å². The van der Waals surface area contributed by atoms with Crippen molar-refractivity contribution in [3.63, 3.8) is 0 Å². The van der Waals surface area contributed by atoms with Gasteiger partial charge in [-0.3, -0.25) is 14.4 Å². The Hall–Kier alpha value is -3.35. The minimum absolute atomic E-state index is 0.0176. The number of esters is 1. The van der Waals surface area contributed by atoms with E-state index in [4.69, 9.17) is 14.2 Å². The largest absolute Gasteiger partial charge is 0.486 e. The molecular weight excluding hydrogens is 350 g/mol. The molecule has 3 rings (SSSR count). The smallest absolute Gasteiger partial charge is 0.310 e. The average molecular weight is 369 g/mol. The number of amides is 1. The van der Waals surface area contributed by atoms with E-state index < -0.39 is 18.5 Å². The maximum absolute atomic E-state index is 12.0.